The first-order valence-electron chi connectivity index (χ1n) is 11.0. The summed E-state index contributed by atoms with van der Waals surface area (Å²) in [6.07, 6.45) is 12.5. The van der Waals surface area contributed by atoms with Gasteiger partial charge in [0.2, 0.25) is 5.91 Å². The van der Waals surface area contributed by atoms with Crippen molar-refractivity contribution in [1.82, 2.24) is 40.1 Å². The van der Waals surface area contributed by atoms with Crippen LogP contribution in [-0.4, -0.2) is 46.0 Å². The molecule has 10 heteroatoms. The van der Waals surface area contributed by atoms with Crippen LogP contribution >= 0.6 is 0 Å². The Hall–Kier alpha value is -4.99. The van der Waals surface area contributed by atoms with Crippen LogP contribution in [0.5, 0.6) is 0 Å². The molecule has 0 saturated carbocycles. The van der Waals surface area contributed by atoms with Crippen LogP contribution < -0.4 is 5.32 Å². The van der Waals surface area contributed by atoms with Crippen molar-refractivity contribution in [3.63, 3.8) is 0 Å². The van der Waals surface area contributed by atoms with Gasteiger partial charge in [-0.3, -0.25) is 24.8 Å². The fraction of sp³-hybridized carbons (Fsp3) is 0.0800. The van der Waals surface area contributed by atoms with Gasteiger partial charge >= 0.3 is 0 Å². The van der Waals surface area contributed by atoms with E-state index < -0.39 is 0 Å². The molecule has 0 bridgehead atoms. The Kier molecular flexibility index (Phi) is 4.95. The molecule has 0 aliphatic carbocycles. The topological polar surface area (TPSA) is 138 Å². The van der Waals surface area contributed by atoms with Gasteiger partial charge in [-0.25, -0.2) is 9.97 Å². The molecule has 6 heterocycles. The summed E-state index contributed by atoms with van der Waals surface area (Å²) in [7, 11) is 0. The lowest BCUT2D eigenvalue weighted by atomic mass is 10.1. The molecule has 0 aromatic carbocycles. The van der Waals surface area contributed by atoms with Gasteiger partial charge in [0.15, 0.2) is 11.5 Å². The zero-order chi connectivity index (χ0) is 23.8. The van der Waals surface area contributed by atoms with Crippen molar-refractivity contribution in [1.29, 1.82) is 0 Å². The SMILES string of the molecule is CCC(=O)Nc1cncc(-c2cnc3[nH]nc(-c4nc5c(-c6cccnc6)cncc5[nH]4)c3c2)c1. The molecule has 0 aliphatic rings. The van der Waals surface area contributed by atoms with E-state index in [1.807, 2.05) is 24.3 Å². The van der Waals surface area contributed by atoms with Crippen molar-refractivity contribution in [2.24, 2.45) is 0 Å². The van der Waals surface area contributed by atoms with Gasteiger partial charge in [-0.2, -0.15) is 5.10 Å². The number of fused-ring (bicyclic) bond motifs is 2. The van der Waals surface area contributed by atoms with Gasteiger partial charge in [0.1, 0.15) is 11.2 Å². The lowest BCUT2D eigenvalue weighted by Crippen LogP contribution is -2.09. The lowest BCUT2D eigenvalue weighted by Gasteiger charge is -2.06. The summed E-state index contributed by atoms with van der Waals surface area (Å²) in [5.41, 5.74) is 6.98. The Morgan fingerprint density at radius 2 is 1.83 bits per heavy atom. The summed E-state index contributed by atoms with van der Waals surface area (Å²) >= 11 is 0. The first-order chi connectivity index (χ1) is 17.2. The normalized spacial score (nSPS) is 11.2. The van der Waals surface area contributed by atoms with E-state index in [1.54, 1.807) is 50.3 Å². The number of aromatic nitrogens is 8. The summed E-state index contributed by atoms with van der Waals surface area (Å²) in [6.45, 7) is 1.80. The smallest absolute Gasteiger partial charge is 0.224 e. The molecule has 6 aromatic rings. The van der Waals surface area contributed by atoms with Crippen LogP contribution in [0.25, 0.3) is 55.8 Å². The molecule has 6 rings (SSSR count). The van der Waals surface area contributed by atoms with Crippen molar-refractivity contribution in [3.05, 3.63) is 67.6 Å². The molecule has 170 valence electrons. The molecule has 10 nitrogen and oxygen atoms in total. The van der Waals surface area contributed by atoms with E-state index >= 15 is 0 Å². The van der Waals surface area contributed by atoms with Crippen LogP contribution in [-0.2, 0) is 4.79 Å². The molecule has 1 amide bonds. The van der Waals surface area contributed by atoms with Crippen LogP contribution in [0.15, 0.2) is 67.6 Å². The first kappa shape index (κ1) is 20.6. The maximum absolute atomic E-state index is 11.8. The van der Waals surface area contributed by atoms with Gasteiger partial charge in [0.05, 0.1) is 29.0 Å². The Balaban J connectivity index is 1.43. The summed E-state index contributed by atoms with van der Waals surface area (Å²) < 4.78 is 0. The highest BCUT2D eigenvalue weighted by Gasteiger charge is 2.17. The number of H-pyrrole nitrogens is 2. The molecule has 3 N–H and O–H groups in total. The molecule has 0 fully saturated rings. The predicted octanol–water partition coefficient (Wildman–Crippen LogP) is 4.37. The van der Waals surface area contributed by atoms with Crippen molar-refractivity contribution < 1.29 is 4.79 Å². The summed E-state index contributed by atoms with van der Waals surface area (Å²) in [5.74, 6) is 0.533. The zero-order valence-corrected chi connectivity index (χ0v) is 18.6. The number of carbonyl (C=O) groups excluding carboxylic acids is 1. The Morgan fingerprint density at radius 3 is 2.69 bits per heavy atom. The Bertz CT molecular complexity index is 1690. The number of nitrogens with zero attached hydrogens (tertiary/aromatic N) is 6. The summed E-state index contributed by atoms with van der Waals surface area (Å²) in [6, 6.07) is 7.71. The Morgan fingerprint density at radius 1 is 0.971 bits per heavy atom. The van der Waals surface area contributed by atoms with E-state index in [4.69, 9.17) is 4.98 Å². The van der Waals surface area contributed by atoms with E-state index in [1.165, 1.54) is 0 Å². The van der Waals surface area contributed by atoms with Gasteiger partial charge in [0, 0.05) is 59.7 Å². The standard InChI is InChI=1S/C25H19N9O/c1-2-21(35)30-17-6-15(9-27-11-17)16-7-18-23(33-34-24(18)29-10-16)25-31-20-13-28-12-19(22(20)32-25)14-4-3-5-26-8-14/h3-13H,2H2,1H3,(H,30,35)(H,31,32)(H,29,33,34). The summed E-state index contributed by atoms with van der Waals surface area (Å²) in [5, 5.41) is 11.1. The lowest BCUT2D eigenvalue weighted by molar-refractivity contribution is -0.115. The van der Waals surface area contributed by atoms with Crippen LogP contribution in [0, 0.1) is 0 Å². The van der Waals surface area contributed by atoms with Gasteiger partial charge in [0.25, 0.3) is 0 Å². The maximum Gasteiger partial charge on any atom is 0.224 e. The maximum atomic E-state index is 11.8. The minimum absolute atomic E-state index is 0.0697. The van der Waals surface area contributed by atoms with E-state index in [9.17, 15) is 4.79 Å². The van der Waals surface area contributed by atoms with E-state index in [-0.39, 0.29) is 5.91 Å². The zero-order valence-electron chi connectivity index (χ0n) is 18.6. The molecule has 0 atom stereocenters. The number of amides is 1. The van der Waals surface area contributed by atoms with E-state index in [0.29, 0.717) is 29.3 Å². The van der Waals surface area contributed by atoms with Crippen molar-refractivity contribution in [2.75, 3.05) is 5.32 Å². The number of anilines is 1. The molecular formula is C25H19N9O. The highest BCUT2D eigenvalue weighted by Crippen LogP contribution is 2.32. The molecule has 6 aromatic heterocycles. The second-order valence-corrected chi connectivity index (χ2v) is 7.97. The first-order valence-corrected chi connectivity index (χ1v) is 11.0. The number of pyridine rings is 4. The summed E-state index contributed by atoms with van der Waals surface area (Å²) in [4.78, 5) is 37.3. The van der Waals surface area contributed by atoms with Gasteiger partial charge in [-0.05, 0) is 18.2 Å². The minimum Gasteiger partial charge on any atom is -0.335 e. The van der Waals surface area contributed by atoms with Gasteiger partial charge in [-0.1, -0.05) is 13.0 Å². The largest absolute Gasteiger partial charge is 0.335 e. The molecule has 35 heavy (non-hydrogen) atoms. The van der Waals surface area contributed by atoms with Crippen LogP contribution in [0.1, 0.15) is 13.3 Å². The van der Waals surface area contributed by atoms with Crippen LogP contribution in [0.3, 0.4) is 0 Å². The van der Waals surface area contributed by atoms with Gasteiger partial charge < -0.3 is 10.3 Å². The molecule has 0 unspecified atom stereocenters. The second-order valence-electron chi connectivity index (χ2n) is 7.97. The third-order valence-electron chi connectivity index (χ3n) is 5.68. The van der Waals surface area contributed by atoms with E-state index in [0.717, 1.165) is 38.7 Å². The van der Waals surface area contributed by atoms with Crippen molar-refractivity contribution >= 4 is 33.7 Å². The predicted molar refractivity (Wildman–Crippen MR) is 132 cm³/mol. The van der Waals surface area contributed by atoms with Crippen LogP contribution in [0.4, 0.5) is 5.69 Å². The number of nitrogens with one attached hydrogen (secondary N) is 3. The highest BCUT2D eigenvalue weighted by atomic mass is 16.1. The third-order valence-corrected chi connectivity index (χ3v) is 5.68. The molecular weight excluding hydrogens is 442 g/mol. The molecule has 0 radical (unpaired) electrons. The molecule has 0 spiro atoms. The highest BCUT2D eigenvalue weighted by molar-refractivity contribution is 5.97. The average Bonchev–Trinajstić information content (AvgIpc) is 3.53. The minimum atomic E-state index is -0.0697. The number of rotatable bonds is 5. The quantitative estimate of drug-likeness (QED) is 0.346. The van der Waals surface area contributed by atoms with Crippen molar-refractivity contribution in [2.45, 2.75) is 13.3 Å². The van der Waals surface area contributed by atoms with Gasteiger partial charge in [-0.15, -0.1) is 0 Å². The number of imidazole rings is 1. The number of hydrogen-bond donors (Lipinski definition) is 3. The Labute approximate surface area is 198 Å². The van der Waals surface area contributed by atoms with E-state index in [2.05, 4.69) is 40.4 Å². The monoisotopic (exact) mass is 461 g/mol. The van der Waals surface area contributed by atoms with Crippen LogP contribution in [0.2, 0.25) is 0 Å². The second kappa shape index (κ2) is 8.41. The average molecular weight is 461 g/mol. The molecule has 0 aliphatic heterocycles. The molecule has 0 saturated heterocycles. The fourth-order valence-corrected chi connectivity index (χ4v) is 3.94. The number of hydrogen-bond acceptors (Lipinski definition) is 7. The van der Waals surface area contributed by atoms with Crippen molar-refractivity contribution in [3.8, 4) is 33.8 Å². The number of aromatic amines is 2. The fourth-order valence-electron chi connectivity index (χ4n) is 3.94. The number of carbonyl (C=O) groups is 1. The third kappa shape index (κ3) is 3.76.